The maximum absolute atomic E-state index is 13.0. The van der Waals surface area contributed by atoms with E-state index in [1.54, 1.807) is 12.4 Å². The molecule has 3 rings (SSSR count). The molecule has 1 saturated heterocycles. The number of aryl methyl sites for hydroxylation is 1. The molecule has 2 heterocycles. The molecule has 1 aliphatic rings. The number of hydrogen-bond donors (Lipinski definition) is 0. The Hall–Kier alpha value is -2.27. The van der Waals surface area contributed by atoms with Crippen molar-refractivity contribution in [2.24, 2.45) is 0 Å². The van der Waals surface area contributed by atoms with Crippen molar-refractivity contribution in [3.05, 3.63) is 65.7 Å². The highest BCUT2D eigenvalue weighted by Crippen LogP contribution is 2.11. The fourth-order valence-electron chi connectivity index (χ4n) is 3.19. The van der Waals surface area contributed by atoms with Crippen LogP contribution in [-0.4, -0.2) is 46.9 Å². The van der Waals surface area contributed by atoms with Crippen molar-refractivity contribution in [2.75, 3.05) is 26.2 Å². The second-order valence-corrected chi connectivity index (χ2v) is 6.49. The van der Waals surface area contributed by atoms with E-state index in [2.05, 4.69) is 9.88 Å². The van der Waals surface area contributed by atoms with E-state index >= 15 is 0 Å². The molecule has 0 bridgehead atoms. The molecule has 0 spiro atoms. The fourth-order valence-corrected chi connectivity index (χ4v) is 3.19. The minimum Gasteiger partial charge on any atom is -0.341 e. The minimum atomic E-state index is -0.203. The first-order valence-corrected chi connectivity index (χ1v) is 8.84. The van der Waals surface area contributed by atoms with Gasteiger partial charge in [-0.05, 0) is 48.2 Å². The highest BCUT2D eigenvalue weighted by molar-refractivity contribution is 5.76. The Labute approximate surface area is 148 Å². The highest BCUT2D eigenvalue weighted by Gasteiger charge is 2.19. The molecule has 1 aliphatic heterocycles. The Balaban J connectivity index is 1.47. The molecule has 1 aromatic carbocycles. The van der Waals surface area contributed by atoms with Crippen LogP contribution in [0, 0.1) is 5.82 Å². The van der Waals surface area contributed by atoms with Crippen molar-refractivity contribution < 1.29 is 9.18 Å². The van der Waals surface area contributed by atoms with Gasteiger partial charge in [0.25, 0.3) is 0 Å². The third kappa shape index (κ3) is 5.36. The predicted molar refractivity (Wildman–Crippen MR) is 95.4 cm³/mol. The van der Waals surface area contributed by atoms with E-state index in [1.165, 1.54) is 12.1 Å². The van der Waals surface area contributed by atoms with Crippen LogP contribution in [0.25, 0.3) is 0 Å². The number of rotatable bonds is 5. The molecule has 25 heavy (non-hydrogen) atoms. The van der Waals surface area contributed by atoms with Crippen LogP contribution >= 0.6 is 0 Å². The van der Waals surface area contributed by atoms with E-state index in [-0.39, 0.29) is 11.7 Å². The van der Waals surface area contributed by atoms with Gasteiger partial charge in [-0.1, -0.05) is 12.1 Å². The average molecular weight is 341 g/mol. The van der Waals surface area contributed by atoms with Gasteiger partial charge in [-0.3, -0.25) is 14.7 Å². The summed E-state index contributed by atoms with van der Waals surface area (Å²) >= 11 is 0. The quantitative estimate of drug-likeness (QED) is 0.839. The van der Waals surface area contributed by atoms with Crippen LogP contribution in [0.1, 0.15) is 24.0 Å². The fraction of sp³-hybridized carbons (Fsp3) is 0.400. The summed E-state index contributed by atoms with van der Waals surface area (Å²) in [6.45, 7) is 4.20. The van der Waals surface area contributed by atoms with E-state index in [9.17, 15) is 9.18 Å². The van der Waals surface area contributed by atoms with E-state index in [0.717, 1.165) is 56.7 Å². The normalized spacial score (nSPS) is 15.8. The number of aromatic nitrogens is 1. The number of carbonyl (C=O) groups is 1. The van der Waals surface area contributed by atoms with Crippen LogP contribution in [0.4, 0.5) is 4.39 Å². The number of benzene rings is 1. The molecule has 5 heteroatoms. The first kappa shape index (κ1) is 17.5. The van der Waals surface area contributed by atoms with E-state index in [1.807, 2.05) is 29.2 Å². The zero-order valence-electron chi connectivity index (χ0n) is 14.4. The third-order valence-electron chi connectivity index (χ3n) is 4.64. The summed E-state index contributed by atoms with van der Waals surface area (Å²) < 4.78 is 13.0. The van der Waals surface area contributed by atoms with E-state index < -0.39 is 0 Å². The summed E-state index contributed by atoms with van der Waals surface area (Å²) in [5.41, 5.74) is 2.26. The molecule has 0 saturated carbocycles. The molecule has 1 aromatic heterocycles. The molecule has 0 radical (unpaired) electrons. The highest BCUT2D eigenvalue weighted by atomic mass is 19.1. The molecule has 4 nitrogen and oxygen atoms in total. The summed E-state index contributed by atoms with van der Waals surface area (Å²) in [7, 11) is 0. The van der Waals surface area contributed by atoms with Gasteiger partial charge in [0.15, 0.2) is 0 Å². The molecule has 1 fully saturated rings. The van der Waals surface area contributed by atoms with Gasteiger partial charge in [0, 0.05) is 51.5 Å². The van der Waals surface area contributed by atoms with Crippen LogP contribution in [0.15, 0.2) is 48.8 Å². The lowest BCUT2D eigenvalue weighted by molar-refractivity contribution is -0.131. The topological polar surface area (TPSA) is 36.4 Å². The van der Waals surface area contributed by atoms with Crippen LogP contribution in [-0.2, 0) is 17.8 Å². The molecule has 0 aliphatic carbocycles. The van der Waals surface area contributed by atoms with Gasteiger partial charge < -0.3 is 4.90 Å². The van der Waals surface area contributed by atoms with Crippen molar-refractivity contribution in [3.63, 3.8) is 0 Å². The molecule has 1 amide bonds. The summed E-state index contributed by atoms with van der Waals surface area (Å²) in [5.74, 6) is 0.0195. The molecular weight excluding hydrogens is 317 g/mol. The number of hydrogen-bond acceptors (Lipinski definition) is 3. The van der Waals surface area contributed by atoms with Crippen LogP contribution in [0.5, 0.6) is 0 Å². The average Bonchev–Trinajstić information content (AvgIpc) is 2.88. The molecule has 0 unspecified atom stereocenters. The van der Waals surface area contributed by atoms with Gasteiger partial charge in [0.05, 0.1) is 0 Å². The van der Waals surface area contributed by atoms with Gasteiger partial charge in [-0.2, -0.15) is 0 Å². The number of amides is 1. The van der Waals surface area contributed by atoms with Crippen LogP contribution in [0.3, 0.4) is 0 Å². The van der Waals surface area contributed by atoms with Gasteiger partial charge in [-0.15, -0.1) is 0 Å². The zero-order chi connectivity index (χ0) is 17.5. The molecule has 132 valence electrons. The lowest BCUT2D eigenvalue weighted by atomic mass is 10.1. The van der Waals surface area contributed by atoms with Gasteiger partial charge in [0.1, 0.15) is 5.82 Å². The zero-order valence-corrected chi connectivity index (χ0v) is 14.4. The number of pyridine rings is 1. The second-order valence-electron chi connectivity index (χ2n) is 6.49. The maximum atomic E-state index is 13.0. The predicted octanol–water partition coefficient (Wildman–Crippen LogP) is 2.89. The summed E-state index contributed by atoms with van der Waals surface area (Å²) in [6, 6.07) is 10.6. The van der Waals surface area contributed by atoms with Crippen LogP contribution < -0.4 is 0 Å². The number of carbonyl (C=O) groups excluding carboxylic acids is 1. The van der Waals surface area contributed by atoms with Gasteiger partial charge in [0.2, 0.25) is 5.91 Å². The Morgan fingerprint density at radius 3 is 2.48 bits per heavy atom. The Morgan fingerprint density at radius 2 is 1.72 bits per heavy atom. The molecule has 0 atom stereocenters. The minimum absolute atomic E-state index is 0.203. The lowest BCUT2D eigenvalue weighted by Gasteiger charge is -2.22. The summed E-state index contributed by atoms with van der Waals surface area (Å²) in [6.07, 6.45) is 5.81. The van der Waals surface area contributed by atoms with E-state index in [0.29, 0.717) is 6.42 Å². The monoisotopic (exact) mass is 341 g/mol. The van der Waals surface area contributed by atoms with E-state index in [4.69, 9.17) is 0 Å². The largest absolute Gasteiger partial charge is 0.341 e. The summed E-state index contributed by atoms with van der Waals surface area (Å²) in [5, 5.41) is 0. The summed E-state index contributed by atoms with van der Waals surface area (Å²) in [4.78, 5) is 20.8. The Morgan fingerprint density at radius 1 is 0.960 bits per heavy atom. The van der Waals surface area contributed by atoms with Crippen molar-refractivity contribution in [1.29, 1.82) is 0 Å². The SMILES string of the molecule is O=C(CCc1ccncc1)N1CCCN(Cc2ccc(F)cc2)CC1. The van der Waals surface area contributed by atoms with Crippen LogP contribution in [0.2, 0.25) is 0 Å². The Kier molecular flexibility index (Phi) is 6.12. The lowest BCUT2D eigenvalue weighted by Crippen LogP contribution is -2.35. The van der Waals surface area contributed by atoms with Gasteiger partial charge in [-0.25, -0.2) is 4.39 Å². The standard InChI is InChI=1S/C20H24FN3O/c21-19-5-2-18(3-6-19)16-23-12-1-13-24(15-14-23)20(25)7-4-17-8-10-22-11-9-17/h2-3,5-6,8-11H,1,4,7,12-16H2. The second kappa shape index (κ2) is 8.72. The van der Waals surface area contributed by atoms with Crippen molar-refractivity contribution in [3.8, 4) is 0 Å². The number of nitrogens with zero attached hydrogens (tertiary/aromatic N) is 3. The maximum Gasteiger partial charge on any atom is 0.222 e. The Bertz CT molecular complexity index is 675. The smallest absolute Gasteiger partial charge is 0.222 e. The molecule has 0 N–H and O–H groups in total. The first-order chi connectivity index (χ1) is 12.2. The first-order valence-electron chi connectivity index (χ1n) is 8.84. The molecular formula is C20H24FN3O. The van der Waals surface area contributed by atoms with Gasteiger partial charge >= 0.3 is 0 Å². The van der Waals surface area contributed by atoms with Crippen molar-refractivity contribution in [2.45, 2.75) is 25.8 Å². The third-order valence-corrected chi connectivity index (χ3v) is 4.64. The molecule has 2 aromatic rings. The van der Waals surface area contributed by atoms with Crippen molar-refractivity contribution >= 4 is 5.91 Å². The number of halogens is 1. The van der Waals surface area contributed by atoms with Crippen molar-refractivity contribution in [1.82, 2.24) is 14.8 Å².